The molecule has 72 heavy (non-hydrogen) atoms. The molecule has 10 heterocycles. The maximum atomic E-state index is 11.8. The first-order valence-corrected chi connectivity index (χ1v) is 26.3. The fourth-order valence-corrected chi connectivity index (χ4v) is 11.7. The molecule has 0 radical (unpaired) electrons. The third-order valence-electron chi connectivity index (χ3n) is 15.7. The maximum absolute atomic E-state index is 11.8. The monoisotopic (exact) mass is 965 g/mol. The highest BCUT2D eigenvalue weighted by molar-refractivity contribution is 5.80. The van der Waals surface area contributed by atoms with Crippen molar-refractivity contribution in [2.45, 2.75) is 77.3 Å². The molecule has 14 nitrogen and oxygen atoms in total. The van der Waals surface area contributed by atoms with Crippen LogP contribution in [0.15, 0.2) is 144 Å². The molecule has 4 aliphatic heterocycles. The van der Waals surface area contributed by atoms with Crippen molar-refractivity contribution in [2.75, 3.05) is 72.8 Å². The highest BCUT2D eigenvalue weighted by Gasteiger charge is 2.29. The molecule has 0 saturated carbocycles. The summed E-state index contributed by atoms with van der Waals surface area (Å²) >= 11 is 0. The minimum Gasteiger partial charge on any atom is -0.371 e. The van der Waals surface area contributed by atoms with Crippen LogP contribution in [0.4, 0.5) is 34.1 Å². The van der Waals surface area contributed by atoms with Gasteiger partial charge in [-0.3, -0.25) is 23.3 Å². The van der Waals surface area contributed by atoms with E-state index >= 15 is 0 Å². The fraction of sp³-hybridized carbons (Fsp3) is 0.379. The molecule has 4 saturated heterocycles. The highest BCUT2D eigenvalue weighted by atomic mass is 16.1. The first-order chi connectivity index (χ1) is 35.3. The molecule has 0 amide bonds. The van der Waals surface area contributed by atoms with Crippen molar-refractivity contribution in [2.24, 2.45) is 11.8 Å². The summed E-state index contributed by atoms with van der Waals surface area (Å²) in [6, 6.07) is 34.1. The largest absolute Gasteiger partial charge is 0.371 e. The second-order valence-electron chi connectivity index (χ2n) is 20.6. The summed E-state index contributed by atoms with van der Waals surface area (Å²) in [5.74, 6) is 1.74. The molecule has 4 N–H and O–H groups in total. The van der Waals surface area contributed by atoms with Crippen molar-refractivity contribution in [1.82, 2.24) is 38.5 Å². The molecule has 0 bridgehead atoms. The van der Waals surface area contributed by atoms with Crippen LogP contribution < -0.4 is 31.6 Å². The Bertz CT molecular complexity index is 3190. The number of aromatic amines is 2. The van der Waals surface area contributed by atoms with Crippen LogP contribution in [0.5, 0.6) is 0 Å². The van der Waals surface area contributed by atoms with Crippen molar-refractivity contribution in [3.05, 3.63) is 155 Å². The molecule has 12 rings (SSSR count). The van der Waals surface area contributed by atoms with Crippen molar-refractivity contribution < 1.29 is 0 Å². The van der Waals surface area contributed by atoms with Crippen molar-refractivity contribution in [3.63, 3.8) is 0 Å². The number of H-pyrrole nitrogens is 2. The lowest BCUT2D eigenvalue weighted by molar-refractivity contribution is 0.112. The molecule has 4 aliphatic rings. The molecule has 4 fully saturated rings. The number of aromatic nitrogens is 6. The normalized spacial score (nSPS) is 18.8. The van der Waals surface area contributed by atoms with Gasteiger partial charge in [-0.25, -0.2) is 9.97 Å². The Morgan fingerprint density at radius 1 is 0.500 bits per heavy atom. The van der Waals surface area contributed by atoms with Crippen LogP contribution >= 0.6 is 0 Å². The van der Waals surface area contributed by atoms with Gasteiger partial charge in [0.2, 0.25) is 11.1 Å². The van der Waals surface area contributed by atoms with Gasteiger partial charge in [0.25, 0.3) is 0 Å². The first-order valence-electron chi connectivity index (χ1n) is 26.3. The molecular formula is C58H68N12O2. The zero-order valence-electron chi connectivity index (χ0n) is 41.7. The smallest absolute Gasteiger partial charge is 0.248 e. The summed E-state index contributed by atoms with van der Waals surface area (Å²) in [6.45, 7) is 14.4. The first kappa shape index (κ1) is 47.2. The second-order valence-corrected chi connectivity index (χ2v) is 20.6. The number of nitrogens with zero attached hydrogens (tertiary/aromatic N) is 8. The number of pyridine rings is 4. The summed E-state index contributed by atoms with van der Waals surface area (Å²) in [6.07, 6.45) is 21.2. The van der Waals surface area contributed by atoms with Gasteiger partial charge in [-0.15, -0.1) is 0 Å². The number of hydrogen-bond donors (Lipinski definition) is 4. The van der Waals surface area contributed by atoms with Crippen molar-refractivity contribution in [1.29, 1.82) is 0 Å². The summed E-state index contributed by atoms with van der Waals surface area (Å²) in [4.78, 5) is 48.6. The van der Waals surface area contributed by atoms with Crippen LogP contribution in [0, 0.1) is 11.8 Å². The lowest BCUT2D eigenvalue weighted by atomic mass is 9.95. The van der Waals surface area contributed by atoms with E-state index in [4.69, 9.17) is 0 Å². The number of anilines is 6. The zero-order valence-corrected chi connectivity index (χ0v) is 41.7. The topological polar surface area (TPSA) is 137 Å². The highest BCUT2D eigenvalue weighted by Crippen LogP contribution is 2.33. The fourth-order valence-electron chi connectivity index (χ4n) is 11.7. The number of rotatable bonds is 10. The summed E-state index contributed by atoms with van der Waals surface area (Å²) in [5, 5.41) is 7.06. The van der Waals surface area contributed by atoms with Crippen LogP contribution in [0.25, 0.3) is 33.8 Å². The number of likely N-dealkylation sites (tertiary alicyclic amines) is 2. The molecule has 1 atom stereocenters. The molecule has 0 aliphatic carbocycles. The third-order valence-corrected chi connectivity index (χ3v) is 15.7. The van der Waals surface area contributed by atoms with Gasteiger partial charge in [0.05, 0.1) is 22.8 Å². The lowest BCUT2D eigenvalue weighted by Crippen LogP contribution is -2.48. The maximum Gasteiger partial charge on any atom is 0.248 e. The standard InChI is InChI=1S/2C29H34N6O/c1-21-9-15-33(16-10-21)25-11-17-34(18-12-25)24-4-2-23(3-5-24)32-26-6-7-27(35-19-14-31-29(26)35)22-8-13-30-28(36)20-22;1-21-3-2-15-34(20-21)25-11-16-33(17-12-25)24-6-4-23(5-7-24)32-26-8-9-27(35-18-14-31-29(26)35)22-10-13-30-28(36)19-22/h2-8,13-14,19-21,25,32H,9-12,15-18H2,1H3,(H,30,36);4-10,13-14,18-19,21,25,32H,2-3,11-12,15-17,20H2,1H3,(H,30,36). The minimum absolute atomic E-state index is 0.117. The summed E-state index contributed by atoms with van der Waals surface area (Å²) in [7, 11) is 0. The average molecular weight is 965 g/mol. The predicted molar refractivity (Wildman–Crippen MR) is 292 cm³/mol. The Morgan fingerprint density at radius 2 is 0.972 bits per heavy atom. The van der Waals surface area contributed by atoms with Gasteiger partial charge >= 0.3 is 0 Å². The number of fused-ring (bicyclic) bond motifs is 2. The van der Waals surface area contributed by atoms with Gasteiger partial charge in [-0.05, 0) is 168 Å². The predicted octanol–water partition coefficient (Wildman–Crippen LogP) is 10.3. The van der Waals surface area contributed by atoms with Crippen molar-refractivity contribution in [3.8, 4) is 22.5 Å². The number of nitrogens with one attached hydrogen (secondary N) is 4. The summed E-state index contributed by atoms with van der Waals surface area (Å²) < 4.78 is 4.03. The number of benzene rings is 2. The van der Waals surface area contributed by atoms with E-state index in [1.165, 1.54) is 88.9 Å². The molecular weight excluding hydrogens is 897 g/mol. The molecule has 6 aromatic heterocycles. The number of hydrogen-bond acceptors (Lipinski definition) is 10. The van der Waals surface area contributed by atoms with E-state index in [2.05, 4.69) is 113 Å². The van der Waals surface area contributed by atoms with Crippen LogP contribution in [-0.4, -0.2) is 103 Å². The Morgan fingerprint density at radius 3 is 1.43 bits per heavy atom. The van der Waals surface area contributed by atoms with Gasteiger partial charge in [0.1, 0.15) is 0 Å². The molecule has 8 aromatic rings. The van der Waals surface area contributed by atoms with E-state index in [0.717, 1.165) is 107 Å². The van der Waals surface area contributed by atoms with E-state index in [0.29, 0.717) is 0 Å². The average Bonchev–Trinajstić information content (AvgIpc) is 4.13. The Labute approximate surface area is 421 Å². The van der Waals surface area contributed by atoms with Gasteiger partial charge < -0.3 is 35.3 Å². The van der Waals surface area contributed by atoms with E-state index < -0.39 is 0 Å². The minimum atomic E-state index is -0.117. The molecule has 1 unspecified atom stereocenters. The lowest BCUT2D eigenvalue weighted by Gasteiger charge is -2.42. The van der Waals surface area contributed by atoms with E-state index in [1.807, 2.05) is 57.6 Å². The number of imidazole rings is 2. The van der Waals surface area contributed by atoms with Gasteiger partial charge in [0, 0.05) is 128 Å². The Kier molecular flexibility index (Phi) is 13.9. The number of piperidine rings is 4. The quantitative estimate of drug-likeness (QED) is 0.105. The molecule has 14 heteroatoms. The van der Waals surface area contributed by atoms with Crippen LogP contribution in [0.1, 0.15) is 65.2 Å². The molecule has 372 valence electrons. The zero-order chi connectivity index (χ0) is 49.0. The molecule has 2 aromatic carbocycles. The SMILES string of the molecule is CC1CCCN(C2CCN(c3ccc(Nc4ccc(-c5cc[nH]c(=O)c5)n5ccnc45)cc3)CC2)C1.CC1CCN(C2CCN(c3ccc(Nc4ccc(-c5cc[nH]c(=O)c5)n5ccnc45)cc3)CC2)CC1. The van der Waals surface area contributed by atoms with Crippen LogP contribution in [0.3, 0.4) is 0 Å². The third kappa shape index (κ3) is 10.6. The summed E-state index contributed by atoms with van der Waals surface area (Å²) in [5.41, 5.74) is 11.5. The van der Waals surface area contributed by atoms with E-state index in [-0.39, 0.29) is 11.1 Å². The van der Waals surface area contributed by atoms with Crippen LogP contribution in [-0.2, 0) is 0 Å². The second kappa shape index (κ2) is 21.3. The van der Waals surface area contributed by atoms with Crippen LogP contribution in [0.2, 0.25) is 0 Å². The van der Waals surface area contributed by atoms with Gasteiger partial charge in [-0.1, -0.05) is 13.8 Å². The molecule has 0 spiro atoms. The van der Waals surface area contributed by atoms with Gasteiger partial charge in [0.15, 0.2) is 11.3 Å². The van der Waals surface area contributed by atoms with Gasteiger partial charge in [-0.2, -0.15) is 0 Å². The Hall–Kier alpha value is -7.16. The van der Waals surface area contributed by atoms with E-state index in [9.17, 15) is 9.59 Å². The van der Waals surface area contributed by atoms with E-state index in [1.54, 1.807) is 36.9 Å². The Balaban J connectivity index is 0.000000156. The van der Waals surface area contributed by atoms with Crippen molar-refractivity contribution >= 4 is 45.4 Å².